The van der Waals surface area contributed by atoms with Gasteiger partial charge in [0.25, 0.3) is 0 Å². The van der Waals surface area contributed by atoms with E-state index in [4.69, 9.17) is 5.26 Å². The average molecular weight is 208 g/mol. The van der Waals surface area contributed by atoms with Crippen molar-refractivity contribution in [3.63, 3.8) is 0 Å². The minimum atomic E-state index is 0.634. The number of hydrogen-bond acceptors (Lipinski definition) is 2. The Labute approximate surface area is 94.4 Å². The minimum absolute atomic E-state index is 0.634. The molecule has 0 rings (SSSR count). The average Bonchev–Trinajstić information content (AvgIpc) is 2.25. The molecule has 0 aliphatic rings. The summed E-state index contributed by atoms with van der Waals surface area (Å²) >= 11 is 0. The van der Waals surface area contributed by atoms with Crippen molar-refractivity contribution in [2.24, 2.45) is 0 Å². The number of nitrogens with zero attached hydrogens (tertiary/aromatic N) is 1. The molecule has 0 aliphatic carbocycles. The zero-order valence-corrected chi connectivity index (χ0v) is 9.97. The molecular weight excluding hydrogens is 184 g/mol. The van der Waals surface area contributed by atoms with Gasteiger partial charge in [-0.3, -0.25) is 0 Å². The lowest BCUT2D eigenvalue weighted by molar-refractivity contribution is 0.444. The Hall–Kier alpha value is -0.810. The van der Waals surface area contributed by atoms with Crippen molar-refractivity contribution in [2.75, 3.05) is 6.54 Å². The molecule has 0 aromatic carbocycles. The smallest absolute Gasteiger partial charge is 0.0621 e. The van der Waals surface area contributed by atoms with E-state index in [9.17, 15) is 0 Å². The van der Waals surface area contributed by atoms with Gasteiger partial charge in [-0.25, -0.2) is 0 Å². The van der Waals surface area contributed by atoms with E-state index in [0.717, 1.165) is 25.8 Å². The van der Waals surface area contributed by atoms with E-state index in [1.807, 2.05) is 6.08 Å². The highest BCUT2D eigenvalue weighted by Gasteiger charge is 2.04. The predicted molar refractivity (Wildman–Crippen MR) is 65.6 cm³/mol. The van der Waals surface area contributed by atoms with Gasteiger partial charge in [-0.05, 0) is 38.6 Å². The third-order valence-electron chi connectivity index (χ3n) is 2.50. The van der Waals surface area contributed by atoms with Crippen LogP contribution in [0.25, 0.3) is 0 Å². The number of nitriles is 1. The maximum Gasteiger partial charge on any atom is 0.0621 e. The van der Waals surface area contributed by atoms with Crippen molar-refractivity contribution in [3.8, 4) is 6.07 Å². The van der Waals surface area contributed by atoms with Gasteiger partial charge in [0.1, 0.15) is 0 Å². The van der Waals surface area contributed by atoms with Crippen LogP contribution in [-0.4, -0.2) is 12.6 Å². The molecule has 0 aliphatic heterocycles. The first kappa shape index (κ1) is 14.2. The molecule has 15 heavy (non-hydrogen) atoms. The van der Waals surface area contributed by atoms with Gasteiger partial charge in [-0.2, -0.15) is 5.26 Å². The molecule has 0 heterocycles. The van der Waals surface area contributed by atoms with Crippen molar-refractivity contribution in [1.29, 1.82) is 5.26 Å². The Balaban J connectivity index is 3.47. The molecule has 0 amide bonds. The molecule has 1 atom stereocenters. The Morgan fingerprint density at radius 1 is 1.40 bits per heavy atom. The number of rotatable bonds is 10. The van der Waals surface area contributed by atoms with E-state index >= 15 is 0 Å². The summed E-state index contributed by atoms with van der Waals surface area (Å²) in [6, 6.07) is 2.81. The van der Waals surface area contributed by atoms with Crippen LogP contribution in [0.2, 0.25) is 0 Å². The summed E-state index contributed by atoms with van der Waals surface area (Å²) in [5.74, 6) is 0. The quantitative estimate of drug-likeness (QED) is 0.441. The van der Waals surface area contributed by atoms with Gasteiger partial charge in [-0.1, -0.05) is 19.4 Å². The molecule has 1 N–H and O–H groups in total. The zero-order chi connectivity index (χ0) is 11.4. The fourth-order valence-corrected chi connectivity index (χ4v) is 1.65. The highest BCUT2D eigenvalue weighted by atomic mass is 14.9. The van der Waals surface area contributed by atoms with Crippen LogP contribution in [0.15, 0.2) is 12.7 Å². The van der Waals surface area contributed by atoms with Crippen molar-refractivity contribution in [2.45, 2.75) is 57.9 Å². The number of allylic oxidation sites excluding steroid dienone is 1. The van der Waals surface area contributed by atoms with Crippen molar-refractivity contribution < 1.29 is 0 Å². The maximum absolute atomic E-state index is 8.39. The maximum atomic E-state index is 8.39. The third-order valence-corrected chi connectivity index (χ3v) is 2.50. The fourth-order valence-electron chi connectivity index (χ4n) is 1.65. The van der Waals surface area contributed by atoms with Gasteiger partial charge >= 0.3 is 0 Å². The molecule has 0 fully saturated rings. The Morgan fingerprint density at radius 3 is 2.80 bits per heavy atom. The lowest BCUT2D eigenvalue weighted by atomic mass is 10.1. The summed E-state index contributed by atoms with van der Waals surface area (Å²) in [6.45, 7) is 7.02. The van der Waals surface area contributed by atoms with Crippen LogP contribution in [0.5, 0.6) is 0 Å². The van der Waals surface area contributed by atoms with Gasteiger partial charge in [-0.15, -0.1) is 6.58 Å². The molecule has 2 nitrogen and oxygen atoms in total. The molecule has 1 unspecified atom stereocenters. The molecule has 0 bridgehead atoms. The van der Waals surface area contributed by atoms with Crippen LogP contribution >= 0.6 is 0 Å². The van der Waals surface area contributed by atoms with Crippen LogP contribution in [0.3, 0.4) is 0 Å². The molecule has 2 heteroatoms. The minimum Gasteiger partial charge on any atom is -0.314 e. The SMILES string of the molecule is C=CCCC(CCC)NCCCCC#N. The summed E-state index contributed by atoms with van der Waals surface area (Å²) in [5.41, 5.74) is 0. The molecule has 0 saturated heterocycles. The van der Waals surface area contributed by atoms with Gasteiger partial charge < -0.3 is 5.32 Å². The number of hydrogen-bond donors (Lipinski definition) is 1. The van der Waals surface area contributed by atoms with E-state index in [0.29, 0.717) is 12.5 Å². The van der Waals surface area contributed by atoms with Gasteiger partial charge in [0.05, 0.1) is 6.07 Å². The van der Waals surface area contributed by atoms with Gasteiger partial charge in [0.15, 0.2) is 0 Å². The van der Waals surface area contributed by atoms with E-state index in [1.165, 1.54) is 19.3 Å². The lowest BCUT2D eigenvalue weighted by Gasteiger charge is -2.17. The van der Waals surface area contributed by atoms with E-state index in [-0.39, 0.29) is 0 Å². The first-order chi connectivity index (χ1) is 7.35. The number of unbranched alkanes of at least 4 members (excludes halogenated alkanes) is 2. The van der Waals surface area contributed by atoms with Crippen molar-refractivity contribution in [1.82, 2.24) is 5.32 Å². The van der Waals surface area contributed by atoms with Crippen LogP contribution in [0, 0.1) is 11.3 Å². The van der Waals surface area contributed by atoms with Crippen LogP contribution in [0.4, 0.5) is 0 Å². The topological polar surface area (TPSA) is 35.8 Å². The summed E-state index contributed by atoms with van der Waals surface area (Å²) in [4.78, 5) is 0. The van der Waals surface area contributed by atoms with E-state index in [2.05, 4.69) is 24.9 Å². The molecule has 0 radical (unpaired) electrons. The highest BCUT2D eigenvalue weighted by molar-refractivity contribution is 4.74. The second-order valence-electron chi connectivity index (χ2n) is 3.92. The first-order valence-electron chi connectivity index (χ1n) is 6.06. The monoisotopic (exact) mass is 208 g/mol. The van der Waals surface area contributed by atoms with Crippen LogP contribution < -0.4 is 5.32 Å². The van der Waals surface area contributed by atoms with E-state index < -0.39 is 0 Å². The highest BCUT2D eigenvalue weighted by Crippen LogP contribution is 2.05. The summed E-state index contributed by atoms with van der Waals surface area (Å²) in [6.07, 6.45) is 9.56. The van der Waals surface area contributed by atoms with Crippen molar-refractivity contribution in [3.05, 3.63) is 12.7 Å². The molecule has 0 spiro atoms. The van der Waals surface area contributed by atoms with Gasteiger partial charge in [0.2, 0.25) is 0 Å². The Bertz CT molecular complexity index is 181. The molecule has 0 saturated carbocycles. The molecule has 0 aromatic rings. The van der Waals surface area contributed by atoms with Crippen LogP contribution in [-0.2, 0) is 0 Å². The van der Waals surface area contributed by atoms with Crippen LogP contribution in [0.1, 0.15) is 51.9 Å². The van der Waals surface area contributed by atoms with E-state index in [1.54, 1.807) is 0 Å². The third kappa shape index (κ3) is 9.49. The summed E-state index contributed by atoms with van der Waals surface area (Å²) in [7, 11) is 0. The first-order valence-corrected chi connectivity index (χ1v) is 6.06. The standard InChI is InChI=1S/C13H24N2/c1-3-5-10-13(9-4-2)15-12-8-6-7-11-14/h3,13,15H,1,4-10,12H2,2H3. The summed E-state index contributed by atoms with van der Waals surface area (Å²) < 4.78 is 0. The lowest BCUT2D eigenvalue weighted by Crippen LogP contribution is -2.29. The largest absolute Gasteiger partial charge is 0.314 e. The zero-order valence-electron chi connectivity index (χ0n) is 9.97. The Morgan fingerprint density at radius 2 is 2.20 bits per heavy atom. The molecule has 0 aromatic heterocycles. The van der Waals surface area contributed by atoms with Gasteiger partial charge in [0, 0.05) is 12.5 Å². The second-order valence-corrected chi connectivity index (χ2v) is 3.92. The fraction of sp³-hybridized carbons (Fsp3) is 0.769. The molecule has 86 valence electrons. The summed E-state index contributed by atoms with van der Waals surface area (Å²) in [5, 5.41) is 12.0. The molecular formula is C13H24N2. The van der Waals surface area contributed by atoms with Crippen molar-refractivity contribution >= 4 is 0 Å². The predicted octanol–water partition coefficient (Wildman–Crippen LogP) is 3.40. The number of nitrogens with one attached hydrogen (secondary N) is 1. The normalized spacial score (nSPS) is 12.0. The Kier molecular flexibility index (Phi) is 10.7. The second kappa shape index (κ2) is 11.3.